The second kappa shape index (κ2) is 7.21. The van der Waals surface area contributed by atoms with Gasteiger partial charge in [-0.15, -0.1) is 0 Å². The maximum absolute atomic E-state index is 12.9. The van der Waals surface area contributed by atoms with Gasteiger partial charge in [0.2, 0.25) is 21.8 Å². The Hall–Kier alpha value is -2.58. The minimum absolute atomic E-state index is 0.174. The molecule has 1 aliphatic rings. The molecule has 1 N–H and O–H groups in total. The van der Waals surface area contributed by atoms with Crippen LogP contribution in [0.25, 0.3) is 0 Å². The number of carbonyl (C=O) groups is 2. The summed E-state index contributed by atoms with van der Waals surface area (Å²) in [6.45, 7) is 1.11. The third-order valence-electron chi connectivity index (χ3n) is 4.18. The van der Waals surface area contributed by atoms with Crippen LogP contribution >= 0.6 is 11.6 Å². The highest BCUT2D eigenvalue weighted by molar-refractivity contribution is 7.92. The number of anilines is 3. The minimum Gasteiger partial charge on any atom is -0.323 e. The summed E-state index contributed by atoms with van der Waals surface area (Å²) in [6, 6.07) is 11.6. The van der Waals surface area contributed by atoms with Crippen molar-refractivity contribution in [2.75, 3.05) is 33.9 Å². The summed E-state index contributed by atoms with van der Waals surface area (Å²) in [5.41, 5.74) is 2.03. The Morgan fingerprint density at radius 1 is 1.26 bits per heavy atom. The van der Waals surface area contributed by atoms with Crippen LogP contribution in [0, 0.1) is 6.92 Å². The number of amides is 2. The molecule has 0 bridgehead atoms. The van der Waals surface area contributed by atoms with Crippen LogP contribution in [0.1, 0.15) is 5.56 Å². The number of hydrogen-bond donors (Lipinski definition) is 1. The lowest BCUT2D eigenvalue weighted by Crippen LogP contribution is -2.48. The number of benzene rings is 2. The van der Waals surface area contributed by atoms with Gasteiger partial charge in [-0.2, -0.15) is 0 Å². The van der Waals surface area contributed by atoms with Crippen molar-refractivity contribution in [1.29, 1.82) is 0 Å². The van der Waals surface area contributed by atoms with Crippen LogP contribution in [0.3, 0.4) is 0 Å². The van der Waals surface area contributed by atoms with E-state index in [2.05, 4.69) is 5.32 Å². The third-order valence-corrected chi connectivity index (χ3v) is 5.54. The van der Waals surface area contributed by atoms with Gasteiger partial charge in [0, 0.05) is 5.02 Å². The number of nitrogens with zero attached hydrogens (tertiary/aromatic N) is 2. The van der Waals surface area contributed by atoms with Gasteiger partial charge in [0.1, 0.15) is 13.1 Å². The van der Waals surface area contributed by atoms with E-state index in [1.807, 2.05) is 0 Å². The Labute approximate surface area is 162 Å². The summed E-state index contributed by atoms with van der Waals surface area (Å²) in [4.78, 5) is 26.2. The molecule has 142 valence electrons. The van der Waals surface area contributed by atoms with Crippen molar-refractivity contribution in [3.8, 4) is 0 Å². The topological polar surface area (TPSA) is 86.8 Å². The summed E-state index contributed by atoms with van der Waals surface area (Å²) >= 11 is 5.95. The Bertz CT molecular complexity index is 1020. The second-order valence-electron chi connectivity index (χ2n) is 6.25. The number of para-hydroxylation sites is 2. The summed E-state index contributed by atoms with van der Waals surface area (Å²) in [5.74, 6) is -0.840. The SMILES string of the molecule is Cc1cc(Cl)ccc1N(CC(=O)N1CC(=O)Nc2ccccc21)S(C)(=O)=O. The molecule has 0 spiro atoms. The standard InChI is InChI=1S/C18H18ClN3O4S/c1-12-9-13(19)7-8-15(12)22(27(2,25)26)11-18(24)21-10-17(23)20-14-5-3-4-6-16(14)21/h3-9H,10-11H2,1-2H3,(H,20,23). The van der Waals surface area contributed by atoms with Gasteiger partial charge < -0.3 is 5.32 Å². The fourth-order valence-electron chi connectivity index (χ4n) is 2.94. The molecule has 2 amide bonds. The van der Waals surface area contributed by atoms with Crippen LogP contribution in [0.15, 0.2) is 42.5 Å². The zero-order valence-corrected chi connectivity index (χ0v) is 16.3. The van der Waals surface area contributed by atoms with E-state index in [4.69, 9.17) is 11.6 Å². The van der Waals surface area contributed by atoms with Gasteiger partial charge in [-0.25, -0.2) is 8.42 Å². The van der Waals surface area contributed by atoms with Crippen molar-refractivity contribution in [2.24, 2.45) is 0 Å². The number of carbonyl (C=O) groups excluding carboxylic acids is 2. The van der Waals surface area contributed by atoms with E-state index in [1.165, 1.54) is 4.90 Å². The first-order valence-corrected chi connectivity index (χ1v) is 10.3. The third kappa shape index (κ3) is 4.06. The average molecular weight is 408 g/mol. The van der Waals surface area contributed by atoms with Gasteiger partial charge in [0.15, 0.2) is 0 Å². The molecular formula is C18H18ClN3O4S. The van der Waals surface area contributed by atoms with Gasteiger partial charge in [-0.1, -0.05) is 23.7 Å². The molecule has 0 aliphatic carbocycles. The quantitative estimate of drug-likeness (QED) is 0.843. The second-order valence-corrected chi connectivity index (χ2v) is 8.59. The number of hydrogen-bond acceptors (Lipinski definition) is 4. The van der Waals surface area contributed by atoms with Crippen LogP contribution in [0.4, 0.5) is 17.1 Å². The lowest BCUT2D eigenvalue weighted by Gasteiger charge is -2.31. The number of aryl methyl sites for hydroxylation is 1. The molecule has 0 saturated heterocycles. The minimum atomic E-state index is -3.74. The van der Waals surface area contributed by atoms with E-state index in [-0.39, 0.29) is 12.5 Å². The van der Waals surface area contributed by atoms with Gasteiger partial charge in [0.25, 0.3) is 0 Å². The van der Waals surface area contributed by atoms with Crippen molar-refractivity contribution in [1.82, 2.24) is 0 Å². The molecule has 7 nitrogen and oxygen atoms in total. The summed E-state index contributed by atoms with van der Waals surface area (Å²) < 4.78 is 25.7. The monoisotopic (exact) mass is 407 g/mol. The molecule has 2 aromatic carbocycles. The lowest BCUT2D eigenvalue weighted by molar-refractivity contribution is -0.121. The van der Waals surface area contributed by atoms with E-state index in [0.717, 1.165) is 10.6 Å². The van der Waals surface area contributed by atoms with Crippen molar-refractivity contribution in [2.45, 2.75) is 6.92 Å². The van der Waals surface area contributed by atoms with Gasteiger partial charge >= 0.3 is 0 Å². The number of rotatable bonds is 4. The van der Waals surface area contributed by atoms with E-state index in [0.29, 0.717) is 27.6 Å². The van der Waals surface area contributed by atoms with Crippen molar-refractivity contribution >= 4 is 50.5 Å². The Morgan fingerprint density at radius 3 is 2.63 bits per heavy atom. The van der Waals surface area contributed by atoms with E-state index >= 15 is 0 Å². The average Bonchev–Trinajstić information content (AvgIpc) is 2.58. The molecule has 0 unspecified atom stereocenters. The van der Waals surface area contributed by atoms with E-state index in [1.54, 1.807) is 49.4 Å². The van der Waals surface area contributed by atoms with Crippen LogP contribution in [-0.4, -0.2) is 39.6 Å². The van der Waals surface area contributed by atoms with Crippen LogP contribution in [0.5, 0.6) is 0 Å². The predicted octanol–water partition coefficient (Wildman–Crippen LogP) is 2.40. The van der Waals surface area contributed by atoms with Gasteiger partial charge in [-0.3, -0.25) is 18.8 Å². The molecule has 2 aromatic rings. The highest BCUT2D eigenvalue weighted by Crippen LogP contribution is 2.30. The zero-order valence-electron chi connectivity index (χ0n) is 14.8. The first kappa shape index (κ1) is 19.2. The van der Waals surface area contributed by atoms with Crippen LogP contribution < -0.4 is 14.5 Å². The summed E-state index contributed by atoms with van der Waals surface area (Å²) in [7, 11) is -3.74. The maximum atomic E-state index is 12.9. The van der Waals surface area contributed by atoms with Crippen LogP contribution in [-0.2, 0) is 19.6 Å². The molecule has 9 heteroatoms. The normalized spacial score (nSPS) is 13.7. The zero-order chi connectivity index (χ0) is 19.8. The molecule has 0 radical (unpaired) electrons. The number of sulfonamides is 1. The van der Waals surface area contributed by atoms with Crippen LogP contribution in [0.2, 0.25) is 5.02 Å². The molecule has 1 aliphatic heterocycles. The largest absolute Gasteiger partial charge is 0.323 e. The number of fused-ring (bicyclic) bond motifs is 1. The first-order valence-electron chi connectivity index (χ1n) is 8.10. The number of halogens is 1. The van der Waals surface area contributed by atoms with E-state index < -0.39 is 22.5 Å². The van der Waals surface area contributed by atoms with Crippen molar-refractivity contribution < 1.29 is 18.0 Å². The first-order chi connectivity index (χ1) is 12.7. The Morgan fingerprint density at radius 2 is 1.96 bits per heavy atom. The molecule has 0 saturated carbocycles. The molecule has 0 aromatic heterocycles. The summed E-state index contributed by atoms with van der Waals surface area (Å²) in [5, 5.41) is 3.17. The lowest BCUT2D eigenvalue weighted by atomic mass is 10.2. The Balaban J connectivity index is 1.96. The van der Waals surface area contributed by atoms with Crippen molar-refractivity contribution in [3.63, 3.8) is 0 Å². The smallest absolute Gasteiger partial charge is 0.248 e. The van der Waals surface area contributed by atoms with Gasteiger partial charge in [-0.05, 0) is 42.8 Å². The highest BCUT2D eigenvalue weighted by atomic mass is 35.5. The summed E-state index contributed by atoms with van der Waals surface area (Å²) in [6.07, 6.45) is 1.03. The molecule has 27 heavy (non-hydrogen) atoms. The predicted molar refractivity (Wildman–Crippen MR) is 106 cm³/mol. The van der Waals surface area contributed by atoms with Gasteiger partial charge in [0.05, 0.1) is 23.3 Å². The van der Waals surface area contributed by atoms with E-state index in [9.17, 15) is 18.0 Å². The fourth-order valence-corrected chi connectivity index (χ4v) is 4.08. The Kier molecular flexibility index (Phi) is 5.12. The maximum Gasteiger partial charge on any atom is 0.248 e. The molecule has 1 heterocycles. The molecule has 0 atom stereocenters. The fraction of sp³-hybridized carbons (Fsp3) is 0.222. The molecule has 0 fully saturated rings. The van der Waals surface area contributed by atoms with Crippen molar-refractivity contribution in [3.05, 3.63) is 53.1 Å². The number of nitrogens with one attached hydrogen (secondary N) is 1. The highest BCUT2D eigenvalue weighted by Gasteiger charge is 2.30. The molecular weight excluding hydrogens is 390 g/mol. The molecule has 3 rings (SSSR count).